The second-order valence-electron chi connectivity index (χ2n) is 7.61. The van der Waals surface area contributed by atoms with Crippen LogP contribution in [0, 0.1) is 0 Å². The third-order valence-electron chi connectivity index (χ3n) is 5.55. The van der Waals surface area contributed by atoms with Gasteiger partial charge in [-0.1, -0.05) is 31.2 Å². The van der Waals surface area contributed by atoms with Gasteiger partial charge in [-0.2, -0.15) is 0 Å². The summed E-state index contributed by atoms with van der Waals surface area (Å²) in [6.07, 6.45) is 2.04. The zero-order chi connectivity index (χ0) is 21.8. The maximum absolute atomic E-state index is 12.7. The molecule has 0 atom stereocenters. The molecule has 2 amide bonds. The molecule has 1 aliphatic heterocycles. The number of carbonyl (C=O) groups excluding carboxylic acids is 1. The van der Waals surface area contributed by atoms with Crippen LogP contribution in [-0.2, 0) is 25.8 Å². The SMILES string of the molecule is CCc1ccc(NC(=O)N2CCc3nc(Cc4ccc(OC)cc4)[nH]c(=O)c3C2)cc1. The molecule has 0 unspecified atom stereocenters. The minimum absolute atomic E-state index is 0.182. The Hall–Kier alpha value is -3.61. The fraction of sp³-hybridized carbons (Fsp3) is 0.292. The Morgan fingerprint density at radius 1 is 1.13 bits per heavy atom. The third kappa shape index (κ3) is 4.77. The number of hydrogen-bond acceptors (Lipinski definition) is 4. The van der Waals surface area contributed by atoms with Crippen molar-refractivity contribution in [3.63, 3.8) is 0 Å². The van der Waals surface area contributed by atoms with Crippen molar-refractivity contribution in [1.82, 2.24) is 14.9 Å². The molecule has 2 N–H and O–H groups in total. The van der Waals surface area contributed by atoms with Crippen LogP contribution in [0.15, 0.2) is 53.3 Å². The van der Waals surface area contributed by atoms with Crippen LogP contribution in [0.5, 0.6) is 5.75 Å². The molecule has 31 heavy (non-hydrogen) atoms. The van der Waals surface area contributed by atoms with Gasteiger partial charge in [0.2, 0.25) is 0 Å². The fourth-order valence-corrected chi connectivity index (χ4v) is 3.70. The molecule has 0 fully saturated rings. The minimum Gasteiger partial charge on any atom is -0.497 e. The number of urea groups is 1. The normalized spacial score (nSPS) is 12.9. The molecule has 4 rings (SSSR count). The predicted octanol–water partition coefficient (Wildman–Crippen LogP) is 3.52. The Morgan fingerprint density at radius 2 is 1.84 bits per heavy atom. The van der Waals surface area contributed by atoms with Crippen LogP contribution in [-0.4, -0.2) is 34.6 Å². The summed E-state index contributed by atoms with van der Waals surface area (Å²) in [5, 5.41) is 2.91. The van der Waals surface area contributed by atoms with Gasteiger partial charge in [0.1, 0.15) is 11.6 Å². The number of benzene rings is 2. The highest BCUT2D eigenvalue weighted by atomic mass is 16.5. The Morgan fingerprint density at radius 3 is 2.52 bits per heavy atom. The summed E-state index contributed by atoms with van der Waals surface area (Å²) in [5.41, 5.74) is 4.14. The van der Waals surface area contributed by atoms with Crippen LogP contribution in [0.1, 0.15) is 35.1 Å². The Kier molecular flexibility index (Phi) is 6.02. The van der Waals surface area contributed by atoms with E-state index < -0.39 is 0 Å². The lowest BCUT2D eigenvalue weighted by Crippen LogP contribution is -2.42. The molecule has 0 bridgehead atoms. The van der Waals surface area contributed by atoms with Crippen molar-refractivity contribution < 1.29 is 9.53 Å². The molecule has 160 valence electrons. The monoisotopic (exact) mass is 418 g/mol. The lowest BCUT2D eigenvalue weighted by Gasteiger charge is -2.28. The minimum atomic E-state index is -0.211. The van der Waals surface area contributed by atoms with Crippen molar-refractivity contribution in [3.8, 4) is 5.75 Å². The van der Waals surface area contributed by atoms with Crippen LogP contribution >= 0.6 is 0 Å². The maximum Gasteiger partial charge on any atom is 0.322 e. The van der Waals surface area contributed by atoms with Gasteiger partial charge >= 0.3 is 6.03 Å². The molecule has 2 aromatic carbocycles. The number of methoxy groups -OCH3 is 1. The molecule has 1 aliphatic rings. The summed E-state index contributed by atoms with van der Waals surface area (Å²) in [6, 6.07) is 15.3. The van der Waals surface area contributed by atoms with Crippen molar-refractivity contribution in [2.24, 2.45) is 0 Å². The summed E-state index contributed by atoms with van der Waals surface area (Å²) >= 11 is 0. The number of aromatic amines is 1. The zero-order valence-corrected chi connectivity index (χ0v) is 17.8. The first-order valence-corrected chi connectivity index (χ1v) is 10.4. The second-order valence-corrected chi connectivity index (χ2v) is 7.61. The lowest BCUT2D eigenvalue weighted by atomic mass is 10.1. The van der Waals surface area contributed by atoms with Gasteiger partial charge in [0, 0.05) is 25.1 Å². The van der Waals surface area contributed by atoms with Gasteiger partial charge in [-0.25, -0.2) is 9.78 Å². The maximum atomic E-state index is 12.7. The van der Waals surface area contributed by atoms with Crippen LogP contribution in [0.3, 0.4) is 0 Å². The van der Waals surface area contributed by atoms with Gasteiger partial charge in [-0.3, -0.25) is 4.79 Å². The second kappa shape index (κ2) is 9.04. The number of anilines is 1. The van der Waals surface area contributed by atoms with E-state index in [-0.39, 0.29) is 18.1 Å². The van der Waals surface area contributed by atoms with Crippen molar-refractivity contribution in [2.45, 2.75) is 32.7 Å². The Labute approximate surface area is 181 Å². The van der Waals surface area contributed by atoms with E-state index in [1.54, 1.807) is 12.0 Å². The number of rotatable bonds is 5. The molecule has 0 aliphatic carbocycles. The number of nitrogens with zero attached hydrogens (tertiary/aromatic N) is 2. The third-order valence-corrected chi connectivity index (χ3v) is 5.55. The van der Waals surface area contributed by atoms with Crippen LogP contribution in [0.2, 0.25) is 0 Å². The Balaban J connectivity index is 1.45. The van der Waals surface area contributed by atoms with Gasteiger partial charge < -0.3 is 19.9 Å². The van der Waals surface area contributed by atoms with E-state index in [2.05, 4.69) is 22.2 Å². The number of carbonyl (C=O) groups is 1. The Bertz CT molecular complexity index is 1120. The topological polar surface area (TPSA) is 87.3 Å². The van der Waals surface area contributed by atoms with Gasteiger partial charge in [-0.05, 0) is 41.8 Å². The molecule has 0 radical (unpaired) electrons. The van der Waals surface area contributed by atoms with Crippen LogP contribution < -0.4 is 15.6 Å². The number of aromatic nitrogens is 2. The number of hydrogen-bond donors (Lipinski definition) is 2. The van der Waals surface area contributed by atoms with Gasteiger partial charge in [-0.15, -0.1) is 0 Å². The molecule has 0 saturated heterocycles. The first-order chi connectivity index (χ1) is 15.1. The van der Waals surface area contributed by atoms with Crippen molar-refractivity contribution in [2.75, 3.05) is 19.0 Å². The van der Waals surface area contributed by atoms with Gasteiger partial charge in [0.25, 0.3) is 5.56 Å². The van der Waals surface area contributed by atoms with E-state index in [9.17, 15) is 9.59 Å². The standard InChI is InChI=1S/C24H26N4O3/c1-3-16-4-8-18(9-5-16)25-24(30)28-13-12-21-20(15-28)23(29)27-22(26-21)14-17-6-10-19(31-2)11-7-17/h4-11H,3,12-15H2,1-2H3,(H,25,30)(H,26,27,29). The summed E-state index contributed by atoms with van der Waals surface area (Å²) in [6.45, 7) is 2.86. The highest BCUT2D eigenvalue weighted by molar-refractivity contribution is 5.89. The molecule has 7 heteroatoms. The number of H-pyrrole nitrogens is 1. The predicted molar refractivity (Wildman–Crippen MR) is 120 cm³/mol. The smallest absolute Gasteiger partial charge is 0.322 e. The van der Waals surface area contributed by atoms with E-state index in [1.165, 1.54) is 5.56 Å². The van der Waals surface area contributed by atoms with Gasteiger partial charge in [0.05, 0.1) is 24.9 Å². The van der Waals surface area contributed by atoms with Crippen molar-refractivity contribution >= 4 is 11.7 Å². The molecule has 1 aromatic heterocycles. The van der Waals surface area contributed by atoms with E-state index in [1.807, 2.05) is 48.5 Å². The molecule has 3 aromatic rings. The number of amides is 2. The average Bonchev–Trinajstić information content (AvgIpc) is 2.80. The zero-order valence-electron chi connectivity index (χ0n) is 17.8. The molecular weight excluding hydrogens is 392 g/mol. The molecular formula is C24H26N4O3. The summed E-state index contributed by atoms with van der Waals surface area (Å²) in [5.74, 6) is 1.41. The summed E-state index contributed by atoms with van der Waals surface area (Å²) < 4.78 is 5.18. The van der Waals surface area contributed by atoms with E-state index in [0.717, 1.165) is 29.1 Å². The number of ether oxygens (including phenoxy) is 1. The van der Waals surface area contributed by atoms with E-state index >= 15 is 0 Å². The molecule has 0 saturated carbocycles. The summed E-state index contributed by atoms with van der Waals surface area (Å²) in [4.78, 5) is 34.6. The van der Waals surface area contributed by atoms with Crippen LogP contribution in [0.25, 0.3) is 0 Å². The quantitative estimate of drug-likeness (QED) is 0.664. The molecule has 0 spiro atoms. The first kappa shape index (κ1) is 20.7. The molecule has 7 nitrogen and oxygen atoms in total. The summed E-state index contributed by atoms with van der Waals surface area (Å²) in [7, 11) is 1.63. The number of fused-ring (bicyclic) bond motifs is 1. The highest BCUT2D eigenvalue weighted by Crippen LogP contribution is 2.18. The largest absolute Gasteiger partial charge is 0.497 e. The average molecular weight is 418 g/mol. The van der Waals surface area contributed by atoms with Crippen molar-refractivity contribution in [1.29, 1.82) is 0 Å². The fourth-order valence-electron chi connectivity index (χ4n) is 3.70. The first-order valence-electron chi connectivity index (χ1n) is 10.4. The lowest BCUT2D eigenvalue weighted by molar-refractivity contribution is 0.205. The number of aryl methyl sites for hydroxylation is 1. The van der Waals surface area contributed by atoms with Crippen LogP contribution in [0.4, 0.5) is 10.5 Å². The number of nitrogens with one attached hydrogen (secondary N) is 2. The highest BCUT2D eigenvalue weighted by Gasteiger charge is 2.24. The van der Waals surface area contributed by atoms with Gasteiger partial charge in [0.15, 0.2) is 0 Å². The molecule has 2 heterocycles. The van der Waals surface area contributed by atoms with E-state index in [4.69, 9.17) is 4.74 Å². The van der Waals surface area contributed by atoms with E-state index in [0.29, 0.717) is 30.8 Å². The van der Waals surface area contributed by atoms with Crippen molar-refractivity contribution in [3.05, 3.63) is 87.1 Å².